The summed E-state index contributed by atoms with van der Waals surface area (Å²) in [7, 11) is 0. The number of phenols is 1. The first-order valence-corrected chi connectivity index (χ1v) is 5.39. The second-order valence-corrected chi connectivity index (χ2v) is 4.28. The second kappa shape index (κ2) is 4.50. The van der Waals surface area contributed by atoms with Crippen LogP contribution in [0.1, 0.15) is 57.1 Å². The van der Waals surface area contributed by atoms with Crippen LogP contribution in [-0.4, -0.2) is 5.11 Å². The first-order valence-electron chi connectivity index (χ1n) is 5.39. The predicted molar refractivity (Wildman–Crippen MR) is 60.9 cm³/mol. The smallest absolute Gasteiger partial charge is 0.119 e. The molecular weight excluding hydrogens is 172 g/mol. The van der Waals surface area contributed by atoms with Crippen molar-refractivity contribution in [1.29, 1.82) is 0 Å². The van der Waals surface area contributed by atoms with E-state index in [0.29, 0.717) is 17.6 Å². The van der Waals surface area contributed by atoms with Gasteiger partial charge in [0.05, 0.1) is 0 Å². The lowest BCUT2D eigenvalue weighted by molar-refractivity contribution is 0.460. The van der Waals surface area contributed by atoms with Crippen molar-refractivity contribution in [1.82, 2.24) is 0 Å². The lowest BCUT2D eigenvalue weighted by atomic mass is 9.94. The molecule has 0 radical (unpaired) electrons. The summed E-state index contributed by atoms with van der Waals surface area (Å²) in [5.74, 6) is 1.37. The molecule has 1 unspecified atom stereocenters. The van der Waals surface area contributed by atoms with E-state index in [1.54, 1.807) is 0 Å². The van der Waals surface area contributed by atoms with E-state index < -0.39 is 0 Å². The Morgan fingerprint density at radius 3 is 2.29 bits per heavy atom. The average molecular weight is 192 g/mol. The predicted octanol–water partition coefficient (Wildman–Crippen LogP) is 4.03. The molecule has 0 aliphatic carbocycles. The van der Waals surface area contributed by atoms with Gasteiger partial charge in [0.25, 0.3) is 0 Å². The summed E-state index contributed by atoms with van der Waals surface area (Å²) in [5, 5.41) is 9.84. The molecule has 78 valence electrons. The molecule has 0 aromatic heterocycles. The third-order valence-electron chi connectivity index (χ3n) is 2.86. The molecule has 0 saturated carbocycles. The van der Waals surface area contributed by atoms with E-state index in [4.69, 9.17) is 0 Å². The highest BCUT2D eigenvalue weighted by atomic mass is 16.3. The van der Waals surface area contributed by atoms with Crippen LogP contribution in [-0.2, 0) is 0 Å². The zero-order valence-electron chi connectivity index (χ0n) is 9.54. The Labute approximate surface area is 86.8 Å². The summed E-state index contributed by atoms with van der Waals surface area (Å²) in [5.41, 5.74) is 2.27. The Morgan fingerprint density at radius 2 is 1.86 bits per heavy atom. The fourth-order valence-corrected chi connectivity index (χ4v) is 1.56. The Morgan fingerprint density at radius 1 is 1.21 bits per heavy atom. The summed E-state index contributed by atoms with van der Waals surface area (Å²) in [4.78, 5) is 0. The molecule has 1 atom stereocenters. The van der Waals surface area contributed by atoms with Crippen molar-refractivity contribution in [2.75, 3.05) is 0 Å². The molecule has 0 heterocycles. The third kappa shape index (κ3) is 2.28. The summed E-state index contributed by atoms with van der Waals surface area (Å²) < 4.78 is 0. The van der Waals surface area contributed by atoms with Crippen molar-refractivity contribution in [3.63, 3.8) is 0 Å². The van der Waals surface area contributed by atoms with Crippen LogP contribution >= 0.6 is 0 Å². The van der Waals surface area contributed by atoms with Gasteiger partial charge in [-0.3, -0.25) is 0 Å². The van der Waals surface area contributed by atoms with Gasteiger partial charge in [0, 0.05) is 0 Å². The molecule has 1 aromatic rings. The first-order chi connectivity index (χ1) is 6.56. The lowest BCUT2D eigenvalue weighted by Crippen LogP contribution is -1.94. The van der Waals surface area contributed by atoms with Crippen molar-refractivity contribution in [3.8, 4) is 5.75 Å². The van der Waals surface area contributed by atoms with E-state index in [1.807, 2.05) is 6.07 Å². The monoisotopic (exact) mass is 192 g/mol. The molecule has 0 bridgehead atoms. The Balaban J connectivity index is 3.01. The number of phenolic OH excluding ortho intramolecular Hbond substituents is 1. The van der Waals surface area contributed by atoms with Gasteiger partial charge in [-0.25, -0.2) is 0 Å². The van der Waals surface area contributed by atoms with E-state index in [9.17, 15) is 5.11 Å². The van der Waals surface area contributed by atoms with Gasteiger partial charge in [-0.2, -0.15) is 0 Å². The highest BCUT2D eigenvalue weighted by Crippen LogP contribution is 2.30. The van der Waals surface area contributed by atoms with Crippen LogP contribution in [0.2, 0.25) is 0 Å². The highest BCUT2D eigenvalue weighted by molar-refractivity contribution is 5.39. The van der Waals surface area contributed by atoms with Gasteiger partial charge in [0.15, 0.2) is 0 Å². The van der Waals surface area contributed by atoms with Gasteiger partial charge in [0.1, 0.15) is 5.75 Å². The van der Waals surface area contributed by atoms with Crippen molar-refractivity contribution in [2.45, 2.75) is 46.0 Å². The molecule has 0 amide bonds. The van der Waals surface area contributed by atoms with E-state index in [1.165, 1.54) is 5.56 Å². The maximum atomic E-state index is 9.84. The molecule has 1 N–H and O–H groups in total. The molecule has 1 nitrogen and oxygen atoms in total. The second-order valence-electron chi connectivity index (χ2n) is 4.28. The van der Waals surface area contributed by atoms with Crippen LogP contribution in [0.25, 0.3) is 0 Å². The maximum absolute atomic E-state index is 9.84. The van der Waals surface area contributed by atoms with E-state index in [0.717, 1.165) is 12.0 Å². The molecule has 1 rings (SSSR count). The minimum absolute atomic E-state index is 0.441. The molecule has 1 aromatic carbocycles. The largest absolute Gasteiger partial charge is 0.508 e. The molecule has 0 spiro atoms. The lowest BCUT2D eigenvalue weighted by Gasteiger charge is -2.13. The molecule has 0 aliphatic heterocycles. The topological polar surface area (TPSA) is 20.2 Å². The molecule has 0 aliphatic rings. The van der Waals surface area contributed by atoms with E-state index >= 15 is 0 Å². The Hall–Kier alpha value is -0.980. The molecule has 0 fully saturated rings. The number of rotatable bonds is 3. The Kier molecular flexibility index (Phi) is 3.56. The van der Waals surface area contributed by atoms with Crippen molar-refractivity contribution in [2.24, 2.45) is 0 Å². The summed E-state index contributed by atoms with van der Waals surface area (Å²) in [6, 6.07) is 6.07. The SMILES string of the molecule is CCC(C)c1ccc(C(C)C)cc1O. The maximum Gasteiger partial charge on any atom is 0.119 e. The Bertz CT molecular complexity index is 302. The molecular formula is C13H20O. The first kappa shape index (κ1) is 11.1. The van der Waals surface area contributed by atoms with Crippen LogP contribution in [0.3, 0.4) is 0 Å². The highest BCUT2D eigenvalue weighted by Gasteiger charge is 2.09. The number of aromatic hydroxyl groups is 1. The standard InChI is InChI=1S/C13H20O/c1-5-10(4)12-7-6-11(9(2)3)8-13(12)14/h6-10,14H,5H2,1-4H3. The van der Waals surface area contributed by atoms with Crippen molar-refractivity contribution in [3.05, 3.63) is 29.3 Å². The summed E-state index contributed by atoms with van der Waals surface area (Å²) in [6.45, 7) is 8.56. The quantitative estimate of drug-likeness (QED) is 0.766. The van der Waals surface area contributed by atoms with Crippen LogP contribution in [0.15, 0.2) is 18.2 Å². The number of hydrogen-bond donors (Lipinski definition) is 1. The minimum atomic E-state index is 0.441. The fraction of sp³-hybridized carbons (Fsp3) is 0.538. The van der Waals surface area contributed by atoms with Crippen molar-refractivity contribution >= 4 is 0 Å². The van der Waals surface area contributed by atoms with E-state index in [2.05, 4.69) is 39.8 Å². The normalized spacial score (nSPS) is 13.2. The van der Waals surface area contributed by atoms with Gasteiger partial charge in [0.2, 0.25) is 0 Å². The van der Waals surface area contributed by atoms with Crippen molar-refractivity contribution < 1.29 is 5.11 Å². The molecule has 0 saturated heterocycles. The molecule has 14 heavy (non-hydrogen) atoms. The average Bonchev–Trinajstić information content (AvgIpc) is 2.16. The van der Waals surface area contributed by atoms with Gasteiger partial charge >= 0.3 is 0 Å². The van der Waals surface area contributed by atoms with Gasteiger partial charge in [-0.1, -0.05) is 39.8 Å². The van der Waals surface area contributed by atoms with Gasteiger partial charge in [-0.05, 0) is 35.4 Å². The fourth-order valence-electron chi connectivity index (χ4n) is 1.56. The summed E-state index contributed by atoms with van der Waals surface area (Å²) >= 11 is 0. The number of benzene rings is 1. The molecule has 1 heteroatoms. The zero-order valence-corrected chi connectivity index (χ0v) is 9.54. The third-order valence-corrected chi connectivity index (χ3v) is 2.86. The van der Waals surface area contributed by atoms with E-state index in [-0.39, 0.29) is 0 Å². The number of hydrogen-bond acceptors (Lipinski definition) is 1. The van der Waals surface area contributed by atoms with Crippen LogP contribution in [0.5, 0.6) is 5.75 Å². The van der Waals surface area contributed by atoms with Crippen LogP contribution < -0.4 is 0 Å². The zero-order chi connectivity index (χ0) is 10.7. The van der Waals surface area contributed by atoms with Crippen LogP contribution in [0.4, 0.5) is 0 Å². The van der Waals surface area contributed by atoms with Gasteiger partial charge < -0.3 is 5.11 Å². The van der Waals surface area contributed by atoms with Crippen LogP contribution in [0, 0.1) is 0 Å². The minimum Gasteiger partial charge on any atom is -0.508 e. The summed E-state index contributed by atoms with van der Waals surface area (Å²) in [6.07, 6.45) is 1.06. The van der Waals surface area contributed by atoms with Gasteiger partial charge in [-0.15, -0.1) is 0 Å².